The average Bonchev–Trinajstić information content (AvgIpc) is 2.95. The SMILES string of the molecule is COc1ccc(N2CCN(C(=O)CCn3nc(C)c(C)c3C)C(C)C2=O)cc1. The fraction of sp³-hybridized carbons (Fsp3) is 0.476. The number of anilines is 1. The Bertz CT molecular complexity index is 873. The van der Waals surface area contributed by atoms with Crippen molar-refractivity contribution in [1.29, 1.82) is 0 Å². The molecule has 0 aliphatic carbocycles. The zero-order chi connectivity index (χ0) is 20.4. The van der Waals surface area contributed by atoms with Crippen molar-refractivity contribution < 1.29 is 14.3 Å². The summed E-state index contributed by atoms with van der Waals surface area (Å²) < 4.78 is 7.05. The van der Waals surface area contributed by atoms with E-state index in [-0.39, 0.29) is 11.8 Å². The minimum atomic E-state index is -0.481. The van der Waals surface area contributed by atoms with Crippen molar-refractivity contribution in [3.05, 3.63) is 41.2 Å². The van der Waals surface area contributed by atoms with E-state index in [0.717, 1.165) is 28.4 Å². The van der Waals surface area contributed by atoms with Gasteiger partial charge in [-0.05, 0) is 57.5 Å². The maximum absolute atomic E-state index is 12.9. The van der Waals surface area contributed by atoms with E-state index in [1.54, 1.807) is 23.8 Å². The van der Waals surface area contributed by atoms with Gasteiger partial charge in [0.05, 0.1) is 12.8 Å². The standard InChI is InChI=1S/C21H28N4O3/c1-14-15(2)22-25(16(14)3)11-10-20(26)23-12-13-24(21(27)17(23)4)18-6-8-19(28-5)9-7-18/h6-9,17H,10-13H2,1-5H3. The van der Waals surface area contributed by atoms with Gasteiger partial charge in [0, 0.05) is 37.4 Å². The molecule has 1 aliphatic rings. The van der Waals surface area contributed by atoms with Crippen LogP contribution in [0.25, 0.3) is 0 Å². The number of ether oxygens (including phenoxy) is 1. The minimum Gasteiger partial charge on any atom is -0.497 e. The van der Waals surface area contributed by atoms with E-state index >= 15 is 0 Å². The van der Waals surface area contributed by atoms with Crippen molar-refractivity contribution in [2.45, 2.75) is 46.7 Å². The molecule has 2 amide bonds. The summed E-state index contributed by atoms with van der Waals surface area (Å²) in [7, 11) is 1.61. The molecular formula is C21H28N4O3. The number of aromatic nitrogens is 2. The van der Waals surface area contributed by atoms with Crippen LogP contribution in [-0.2, 0) is 16.1 Å². The third-order valence-electron chi connectivity index (χ3n) is 5.64. The molecule has 0 radical (unpaired) electrons. The first-order valence-electron chi connectivity index (χ1n) is 9.59. The van der Waals surface area contributed by atoms with Gasteiger partial charge in [0.1, 0.15) is 11.8 Å². The van der Waals surface area contributed by atoms with Crippen molar-refractivity contribution in [2.24, 2.45) is 0 Å². The lowest BCUT2D eigenvalue weighted by molar-refractivity contribution is -0.141. The minimum absolute atomic E-state index is 0.0135. The predicted octanol–water partition coefficient (Wildman–Crippen LogP) is 2.47. The zero-order valence-corrected chi connectivity index (χ0v) is 17.2. The van der Waals surface area contributed by atoms with Crippen molar-refractivity contribution in [3.63, 3.8) is 0 Å². The van der Waals surface area contributed by atoms with Gasteiger partial charge in [0.25, 0.3) is 0 Å². The smallest absolute Gasteiger partial charge is 0.249 e. The Kier molecular flexibility index (Phi) is 5.72. The largest absolute Gasteiger partial charge is 0.497 e. The summed E-state index contributed by atoms with van der Waals surface area (Å²) >= 11 is 0. The highest BCUT2D eigenvalue weighted by Gasteiger charge is 2.34. The number of carbonyl (C=O) groups is 2. The summed E-state index contributed by atoms with van der Waals surface area (Å²) in [4.78, 5) is 29.0. The molecule has 7 nitrogen and oxygen atoms in total. The Hall–Kier alpha value is -2.83. The van der Waals surface area contributed by atoms with E-state index in [1.807, 2.05) is 49.7 Å². The molecule has 0 N–H and O–H groups in total. The predicted molar refractivity (Wildman–Crippen MR) is 108 cm³/mol. The second kappa shape index (κ2) is 8.04. The van der Waals surface area contributed by atoms with E-state index in [4.69, 9.17) is 4.74 Å². The third kappa shape index (κ3) is 3.74. The third-order valence-corrected chi connectivity index (χ3v) is 5.64. The van der Waals surface area contributed by atoms with Gasteiger partial charge >= 0.3 is 0 Å². The van der Waals surface area contributed by atoms with E-state index in [1.165, 1.54) is 0 Å². The highest BCUT2D eigenvalue weighted by Crippen LogP contribution is 2.23. The van der Waals surface area contributed by atoms with Gasteiger partial charge in [-0.15, -0.1) is 0 Å². The highest BCUT2D eigenvalue weighted by molar-refractivity contribution is 6.00. The van der Waals surface area contributed by atoms with Gasteiger partial charge in [-0.2, -0.15) is 5.10 Å². The Labute approximate surface area is 165 Å². The number of hydrogen-bond acceptors (Lipinski definition) is 4. The Morgan fingerprint density at radius 1 is 1.18 bits per heavy atom. The molecule has 2 heterocycles. The first-order chi connectivity index (χ1) is 13.3. The number of hydrogen-bond donors (Lipinski definition) is 0. The highest BCUT2D eigenvalue weighted by atomic mass is 16.5. The zero-order valence-electron chi connectivity index (χ0n) is 17.2. The molecule has 28 heavy (non-hydrogen) atoms. The average molecular weight is 384 g/mol. The molecule has 150 valence electrons. The van der Waals surface area contributed by atoms with Gasteiger partial charge in [-0.25, -0.2) is 0 Å². The topological polar surface area (TPSA) is 67.7 Å². The van der Waals surface area contributed by atoms with Crippen molar-refractivity contribution in [1.82, 2.24) is 14.7 Å². The molecule has 0 saturated carbocycles. The number of amides is 2. The second-order valence-electron chi connectivity index (χ2n) is 7.22. The quantitative estimate of drug-likeness (QED) is 0.794. The number of rotatable bonds is 5. The molecule has 1 saturated heterocycles. The maximum atomic E-state index is 12.9. The molecule has 3 rings (SSSR count). The number of piperazine rings is 1. The second-order valence-corrected chi connectivity index (χ2v) is 7.22. The van der Waals surface area contributed by atoms with Crippen LogP contribution < -0.4 is 9.64 Å². The van der Waals surface area contributed by atoms with E-state index in [9.17, 15) is 9.59 Å². The molecule has 1 atom stereocenters. The van der Waals surface area contributed by atoms with Gasteiger partial charge < -0.3 is 14.5 Å². The summed E-state index contributed by atoms with van der Waals surface area (Å²) in [5, 5.41) is 4.49. The monoisotopic (exact) mass is 384 g/mol. The summed E-state index contributed by atoms with van der Waals surface area (Å²) in [6.07, 6.45) is 0.335. The van der Waals surface area contributed by atoms with Crippen LogP contribution in [0, 0.1) is 20.8 Å². The maximum Gasteiger partial charge on any atom is 0.249 e. The molecule has 0 spiro atoms. The number of nitrogens with zero attached hydrogens (tertiary/aromatic N) is 4. The lowest BCUT2D eigenvalue weighted by Gasteiger charge is -2.39. The summed E-state index contributed by atoms with van der Waals surface area (Å²) in [6.45, 7) is 9.35. The van der Waals surface area contributed by atoms with Crippen LogP contribution in [0.15, 0.2) is 24.3 Å². The fourth-order valence-electron chi connectivity index (χ4n) is 3.58. The Morgan fingerprint density at radius 2 is 1.86 bits per heavy atom. The lowest BCUT2D eigenvalue weighted by atomic mass is 10.1. The number of benzene rings is 1. The Balaban J connectivity index is 1.63. The van der Waals surface area contributed by atoms with Gasteiger partial charge in [-0.1, -0.05) is 0 Å². The fourth-order valence-corrected chi connectivity index (χ4v) is 3.58. The number of aryl methyl sites for hydroxylation is 2. The van der Waals surface area contributed by atoms with E-state index < -0.39 is 6.04 Å². The molecule has 2 aromatic rings. The van der Waals surface area contributed by atoms with Crippen LogP contribution in [0.5, 0.6) is 5.75 Å². The van der Waals surface area contributed by atoms with Crippen LogP contribution in [0.4, 0.5) is 5.69 Å². The van der Waals surface area contributed by atoms with Crippen molar-refractivity contribution >= 4 is 17.5 Å². The van der Waals surface area contributed by atoms with Gasteiger partial charge in [0.2, 0.25) is 11.8 Å². The first kappa shape index (κ1) is 19.9. The normalized spacial score (nSPS) is 17.2. The van der Waals surface area contributed by atoms with Crippen LogP contribution in [0.2, 0.25) is 0 Å². The molecule has 1 aliphatic heterocycles. The molecule has 0 bridgehead atoms. The lowest BCUT2D eigenvalue weighted by Crippen LogP contribution is -2.57. The number of carbonyl (C=O) groups excluding carboxylic acids is 2. The van der Waals surface area contributed by atoms with E-state index in [0.29, 0.717) is 26.1 Å². The van der Waals surface area contributed by atoms with Crippen LogP contribution in [-0.4, -0.2) is 52.7 Å². The van der Waals surface area contributed by atoms with Crippen LogP contribution >= 0.6 is 0 Å². The summed E-state index contributed by atoms with van der Waals surface area (Å²) in [5.74, 6) is 0.671. The number of methoxy groups -OCH3 is 1. The molecule has 1 aromatic carbocycles. The molecule has 7 heteroatoms. The molecular weight excluding hydrogens is 356 g/mol. The van der Waals surface area contributed by atoms with Crippen molar-refractivity contribution in [3.8, 4) is 5.75 Å². The Morgan fingerprint density at radius 3 is 2.43 bits per heavy atom. The van der Waals surface area contributed by atoms with Gasteiger partial charge in [0.15, 0.2) is 0 Å². The molecule has 1 fully saturated rings. The van der Waals surface area contributed by atoms with Crippen molar-refractivity contribution in [2.75, 3.05) is 25.1 Å². The summed E-state index contributed by atoms with van der Waals surface area (Å²) in [5.41, 5.74) is 4.05. The molecule has 1 unspecified atom stereocenters. The first-order valence-corrected chi connectivity index (χ1v) is 9.59. The van der Waals surface area contributed by atoms with Crippen LogP contribution in [0.3, 0.4) is 0 Å². The molecule has 1 aromatic heterocycles. The van der Waals surface area contributed by atoms with E-state index in [2.05, 4.69) is 5.10 Å². The van der Waals surface area contributed by atoms with Crippen LogP contribution in [0.1, 0.15) is 30.3 Å². The summed E-state index contributed by atoms with van der Waals surface area (Å²) in [6, 6.07) is 6.92. The van der Waals surface area contributed by atoms with Gasteiger partial charge in [-0.3, -0.25) is 14.3 Å².